The molecule has 2 nitrogen and oxygen atoms in total. The lowest BCUT2D eigenvalue weighted by Crippen LogP contribution is -2.33. The van der Waals surface area contributed by atoms with Gasteiger partial charge in [0.15, 0.2) is 0 Å². The number of carbonyl (C=O) groups excluding carboxylic acids is 1. The zero-order valence-corrected chi connectivity index (χ0v) is 28.0. The van der Waals surface area contributed by atoms with Crippen LogP contribution in [0.25, 0.3) is 0 Å². The van der Waals surface area contributed by atoms with E-state index in [2.05, 4.69) is 143 Å². The van der Waals surface area contributed by atoms with Gasteiger partial charge in [0, 0.05) is 12.8 Å². The molecule has 0 N–H and O–H groups in total. The summed E-state index contributed by atoms with van der Waals surface area (Å²) < 4.78 is 6.88. The molecule has 0 bridgehead atoms. The standard InChI is InChI=1S/C42H56O2/c1-6-41(43)30-29-36(4)33-37(5)32-35(3)21-12-7-11-20-34(2)22-19-31-44-42(38-23-13-8-14-24-38,39-25-15-9-16-26-39)40-27-17-10-18-28-40/h8-10,12-19,21-28,34-37H,6-7,11,20,29-33H2,1-5H3. The maximum Gasteiger partial charge on any atom is 0.144 e. The van der Waals surface area contributed by atoms with Gasteiger partial charge in [0.25, 0.3) is 0 Å². The van der Waals surface area contributed by atoms with Gasteiger partial charge < -0.3 is 4.74 Å². The van der Waals surface area contributed by atoms with Gasteiger partial charge in [0.05, 0.1) is 6.61 Å². The Hall–Kier alpha value is -3.23. The van der Waals surface area contributed by atoms with Gasteiger partial charge in [-0.3, -0.25) is 4.79 Å². The van der Waals surface area contributed by atoms with Crippen LogP contribution >= 0.6 is 0 Å². The van der Waals surface area contributed by atoms with E-state index in [-0.39, 0.29) is 0 Å². The highest BCUT2D eigenvalue weighted by atomic mass is 16.5. The summed E-state index contributed by atoms with van der Waals surface area (Å²) in [4.78, 5) is 11.6. The third kappa shape index (κ3) is 11.4. The summed E-state index contributed by atoms with van der Waals surface area (Å²) >= 11 is 0. The number of hydrogen-bond donors (Lipinski definition) is 0. The van der Waals surface area contributed by atoms with Crippen LogP contribution in [0.15, 0.2) is 115 Å². The average molecular weight is 593 g/mol. The minimum Gasteiger partial charge on any atom is -0.357 e. The zero-order valence-electron chi connectivity index (χ0n) is 28.0. The second kappa shape index (κ2) is 19.2. The molecule has 0 saturated carbocycles. The third-order valence-corrected chi connectivity index (χ3v) is 8.79. The molecule has 0 fully saturated rings. The van der Waals surface area contributed by atoms with Crippen LogP contribution in [0, 0.1) is 23.7 Å². The first kappa shape index (κ1) is 35.3. The number of benzene rings is 3. The van der Waals surface area contributed by atoms with E-state index in [4.69, 9.17) is 4.74 Å². The van der Waals surface area contributed by atoms with E-state index in [0.717, 1.165) is 36.0 Å². The van der Waals surface area contributed by atoms with Gasteiger partial charge in [0.2, 0.25) is 0 Å². The summed E-state index contributed by atoms with van der Waals surface area (Å²) in [7, 11) is 0. The summed E-state index contributed by atoms with van der Waals surface area (Å²) in [6.07, 6.45) is 17.7. The second-order valence-electron chi connectivity index (χ2n) is 12.9. The fourth-order valence-corrected chi connectivity index (χ4v) is 6.41. The lowest BCUT2D eigenvalue weighted by molar-refractivity contribution is -0.119. The highest BCUT2D eigenvalue weighted by molar-refractivity contribution is 5.77. The monoisotopic (exact) mass is 592 g/mol. The van der Waals surface area contributed by atoms with E-state index < -0.39 is 5.60 Å². The molecule has 3 aromatic carbocycles. The maximum absolute atomic E-state index is 11.6. The van der Waals surface area contributed by atoms with Crippen LogP contribution in [0.1, 0.15) is 103 Å². The van der Waals surface area contributed by atoms with Crippen molar-refractivity contribution >= 4 is 5.78 Å². The van der Waals surface area contributed by atoms with Crippen LogP contribution in [0.5, 0.6) is 0 Å². The van der Waals surface area contributed by atoms with E-state index >= 15 is 0 Å². The SMILES string of the molecule is CCC(=O)CCC(C)CC(C)CC(C)C=CCCCC(C)C=CCOC(c1ccccc1)(c1ccccc1)c1ccccc1. The normalized spacial score (nSPS) is 14.9. The summed E-state index contributed by atoms with van der Waals surface area (Å²) in [6, 6.07) is 31.7. The summed E-state index contributed by atoms with van der Waals surface area (Å²) in [5.41, 5.74) is 2.72. The molecule has 0 aliphatic heterocycles. The Labute approximate surface area is 268 Å². The number of unbranched alkanes of at least 4 members (excludes halogenated alkanes) is 1. The molecule has 3 aromatic rings. The molecule has 44 heavy (non-hydrogen) atoms. The zero-order chi connectivity index (χ0) is 31.6. The van der Waals surface area contributed by atoms with Crippen molar-refractivity contribution in [3.8, 4) is 0 Å². The average Bonchev–Trinajstić information content (AvgIpc) is 3.04. The van der Waals surface area contributed by atoms with Crippen LogP contribution < -0.4 is 0 Å². The molecule has 0 heterocycles. The first-order valence-electron chi connectivity index (χ1n) is 17.0. The van der Waals surface area contributed by atoms with Gasteiger partial charge in [-0.2, -0.15) is 0 Å². The first-order valence-corrected chi connectivity index (χ1v) is 17.0. The quantitative estimate of drug-likeness (QED) is 0.0741. The van der Waals surface area contributed by atoms with Gasteiger partial charge in [0.1, 0.15) is 11.4 Å². The second-order valence-corrected chi connectivity index (χ2v) is 12.9. The van der Waals surface area contributed by atoms with Gasteiger partial charge in [-0.05, 0) is 78.9 Å². The molecule has 4 atom stereocenters. The van der Waals surface area contributed by atoms with E-state index in [0.29, 0.717) is 42.5 Å². The highest BCUT2D eigenvalue weighted by Gasteiger charge is 2.37. The van der Waals surface area contributed by atoms with E-state index in [1.54, 1.807) is 0 Å². The largest absolute Gasteiger partial charge is 0.357 e. The van der Waals surface area contributed by atoms with Gasteiger partial charge in [-0.15, -0.1) is 0 Å². The van der Waals surface area contributed by atoms with Crippen molar-refractivity contribution in [2.24, 2.45) is 23.7 Å². The maximum atomic E-state index is 11.6. The van der Waals surface area contributed by atoms with Crippen molar-refractivity contribution < 1.29 is 9.53 Å². The Morgan fingerprint density at radius 1 is 0.682 bits per heavy atom. The van der Waals surface area contributed by atoms with Crippen LogP contribution in [0.4, 0.5) is 0 Å². The number of allylic oxidation sites excluding steroid dienone is 3. The Balaban J connectivity index is 1.48. The molecule has 236 valence electrons. The third-order valence-electron chi connectivity index (χ3n) is 8.79. The minimum absolute atomic E-state index is 0.398. The molecule has 0 spiro atoms. The Kier molecular flexibility index (Phi) is 15.4. The van der Waals surface area contributed by atoms with Crippen LogP contribution in [-0.2, 0) is 15.1 Å². The first-order chi connectivity index (χ1) is 21.3. The Morgan fingerprint density at radius 3 is 1.73 bits per heavy atom. The number of carbonyl (C=O) groups is 1. The van der Waals surface area contributed by atoms with Crippen LogP contribution in [0.2, 0.25) is 0 Å². The number of ether oxygens (including phenoxy) is 1. The smallest absolute Gasteiger partial charge is 0.144 e. The van der Waals surface area contributed by atoms with Crippen LogP contribution in [0.3, 0.4) is 0 Å². The highest BCUT2D eigenvalue weighted by Crippen LogP contribution is 2.40. The van der Waals surface area contributed by atoms with Crippen molar-refractivity contribution in [1.82, 2.24) is 0 Å². The van der Waals surface area contributed by atoms with E-state index in [1.807, 2.05) is 6.92 Å². The molecule has 0 aromatic heterocycles. The Morgan fingerprint density at radius 2 is 1.20 bits per heavy atom. The summed E-state index contributed by atoms with van der Waals surface area (Å²) in [5, 5.41) is 0. The van der Waals surface area contributed by atoms with E-state index in [1.165, 1.54) is 25.7 Å². The molecular formula is C42H56O2. The molecule has 0 amide bonds. The van der Waals surface area contributed by atoms with Crippen molar-refractivity contribution in [3.05, 3.63) is 132 Å². The predicted molar refractivity (Wildman–Crippen MR) is 188 cm³/mol. The molecule has 2 heteroatoms. The molecular weight excluding hydrogens is 536 g/mol. The molecule has 0 aliphatic carbocycles. The van der Waals surface area contributed by atoms with Crippen molar-refractivity contribution in [3.63, 3.8) is 0 Å². The fraction of sp³-hybridized carbons (Fsp3) is 0.452. The van der Waals surface area contributed by atoms with Crippen molar-refractivity contribution in [1.29, 1.82) is 0 Å². The van der Waals surface area contributed by atoms with Gasteiger partial charge in [-0.25, -0.2) is 0 Å². The van der Waals surface area contributed by atoms with Crippen molar-refractivity contribution in [2.45, 2.75) is 91.6 Å². The van der Waals surface area contributed by atoms with Gasteiger partial charge >= 0.3 is 0 Å². The van der Waals surface area contributed by atoms with E-state index in [9.17, 15) is 4.79 Å². The molecule has 0 aliphatic rings. The topological polar surface area (TPSA) is 26.3 Å². The summed E-state index contributed by atoms with van der Waals surface area (Å²) in [5.74, 6) is 2.82. The van der Waals surface area contributed by atoms with Gasteiger partial charge in [-0.1, -0.05) is 150 Å². The predicted octanol–water partition coefficient (Wildman–Crippen LogP) is 11.4. The number of Topliss-reactive ketones (excluding diaryl/α,β-unsaturated/α-hetero) is 1. The Bertz CT molecular complexity index is 1150. The lowest BCUT2D eigenvalue weighted by Gasteiger charge is -2.35. The number of hydrogen-bond acceptors (Lipinski definition) is 2. The molecule has 3 rings (SSSR count). The lowest BCUT2D eigenvalue weighted by atomic mass is 9.80. The number of rotatable bonds is 20. The molecule has 0 radical (unpaired) electrons. The fourth-order valence-electron chi connectivity index (χ4n) is 6.41. The van der Waals surface area contributed by atoms with Crippen LogP contribution in [-0.4, -0.2) is 12.4 Å². The van der Waals surface area contributed by atoms with Crippen molar-refractivity contribution in [2.75, 3.05) is 6.61 Å². The molecule has 0 saturated heterocycles. The number of ketones is 1. The summed E-state index contributed by atoms with van der Waals surface area (Å²) in [6.45, 7) is 11.8. The minimum atomic E-state index is -0.678. The molecule has 4 unspecified atom stereocenters.